The molecular weight excluding hydrogens is 166 g/mol. The van der Waals surface area contributed by atoms with Gasteiger partial charge in [0, 0.05) is 0 Å². The van der Waals surface area contributed by atoms with Crippen LogP contribution in [0.1, 0.15) is 33.1 Å². The molecule has 0 aliphatic carbocycles. The van der Waals surface area contributed by atoms with Gasteiger partial charge in [-0.25, -0.2) is 0 Å². The van der Waals surface area contributed by atoms with Gasteiger partial charge in [0.15, 0.2) is 5.78 Å². The van der Waals surface area contributed by atoms with Gasteiger partial charge in [-0.3, -0.25) is 9.59 Å². The Morgan fingerprint density at radius 2 is 2.15 bits per heavy atom. The number of rotatable bonds is 3. The van der Waals surface area contributed by atoms with Crippen LogP contribution >= 0.6 is 0 Å². The number of carbonyl (C=O) groups excluding carboxylic acids is 2. The van der Waals surface area contributed by atoms with E-state index in [1.165, 1.54) is 0 Å². The van der Waals surface area contributed by atoms with Crippen molar-refractivity contribution >= 4 is 11.7 Å². The minimum atomic E-state index is -0.196. The van der Waals surface area contributed by atoms with E-state index in [2.05, 4.69) is 12.2 Å². The Balaban J connectivity index is 2.75. The second-order valence-corrected chi connectivity index (χ2v) is 3.36. The molecule has 1 heterocycles. The van der Waals surface area contributed by atoms with Crippen molar-refractivity contribution < 1.29 is 9.59 Å². The molecular formula is C10H15NO2. The highest BCUT2D eigenvalue weighted by atomic mass is 16.2. The predicted octanol–water partition coefficient (Wildman–Crippen LogP) is 1.19. The fourth-order valence-corrected chi connectivity index (χ4v) is 1.46. The zero-order valence-electron chi connectivity index (χ0n) is 8.14. The van der Waals surface area contributed by atoms with E-state index in [9.17, 15) is 9.59 Å². The fourth-order valence-electron chi connectivity index (χ4n) is 1.46. The Morgan fingerprint density at radius 3 is 2.62 bits per heavy atom. The molecule has 0 saturated carbocycles. The Bertz CT molecular complexity index is 248. The van der Waals surface area contributed by atoms with Gasteiger partial charge in [0.25, 0.3) is 5.91 Å². The van der Waals surface area contributed by atoms with Crippen LogP contribution in [0.15, 0.2) is 11.1 Å². The number of nitrogens with one attached hydrogen (secondary N) is 1. The molecule has 72 valence electrons. The van der Waals surface area contributed by atoms with Gasteiger partial charge in [-0.1, -0.05) is 18.9 Å². The Kier molecular flexibility index (Phi) is 3.23. The Hall–Kier alpha value is -1.12. The molecule has 0 radical (unpaired) electrons. The molecule has 1 amide bonds. The van der Waals surface area contributed by atoms with E-state index in [1.54, 1.807) is 0 Å². The van der Waals surface area contributed by atoms with E-state index in [0.717, 1.165) is 24.8 Å². The quantitative estimate of drug-likeness (QED) is 0.525. The third kappa shape index (κ3) is 2.17. The molecule has 0 bridgehead atoms. The van der Waals surface area contributed by atoms with Gasteiger partial charge in [-0.05, 0) is 19.8 Å². The van der Waals surface area contributed by atoms with E-state index in [-0.39, 0.29) is 18.2 Å². The molecule has 0 unspecified atom stereocenters. The number of ketones is 1. The van der Waals surface area contributed by atoms with Crippen molar-refractivity contribution in [3.63, 3.8) is 0 Å². The van der Waals surface area contributed by atoms with E-state index < -0.39 is 0 Å². The molecule has 0 aromatic carbocycles. The number of hydrogen-bond donors (Lipinski definition) is 1. The van der Waals surface area contributed by atoms with Crippen molar-refractivity contribution in [1.82, 2.24) is 5.32 Å². The summed E-state index contributed by atoms with van der Waals surface area (Å²) in [6.07, 6.45) is 2.97. The zero-order chi connectivity index (χ0) is 9.84. The third-order valence-electron chi connectivity index (χ3n) is 2.25. The minimum absolute atomic E-state index is 0.0568. The summed E-state index contributed by atoms with van der Waals surface area (Å²) in [4.78, 5) is 22.4. The number of Topliss-reactive ketones (excluding diaryl/α,β-unsaturated/α-hetero) is 1. The summed E-state index contributed by atoms with van der Waals surface area (Å²) < 4.78 is 0. The summed E-state index contributed by atoms with van der Waals surface area (Å²) in [6.45, 7) is 4.14. The number of allylic oxidation sites excluding steroid dienone is 1. The summed E-state index contributed by atoms with van der Waals surface area (Å²) in [5, 5.41) is 2.53. The lowest BCUT2D eigenvalue weighted by Crippen LogP contribution is -2.14. The molecule has 1 N–H and O–H groups in total. The van der Waals surface area contributed by atoms with Gasteiger partial charge in [0.1, 0.15) is 0 Å². The normalized spacial score (nSPS) is 20.5. The predicted molar refractivity (Wildman–Crippen MR) is 50.2 cm³/mol. The maximum Gasteiger partial charge on any atom is 0.255 e. The smallest absolute Gasteiger partial charge is 0.255 e. The first kappa shape index (κ1) is 9.96. The first-order valence-electron chi connectivity index (χ1n) is 4.68. The van der Waals surface area contributed by atoms with E-state index in [1.807, 2.05) is 6.92 Å². The average molecular weight is 181 g/mol. The van der Waals surface area contributed by atoms with Gasteiger partial charge in [-0.15, -0.1) is 0 Å². The lowest BCUT2D eigenvalue weighted by molar-refractivity contribution is -0.117. The summed E-state index contributed by atoms with van der Waals surface area (Å²) in [7, 11) is 0. The lowest BCUT2D eigenvalue weighted by atomic mass is 10.0. The molecule has 13 heavy (non-hydrogen) atoms. The third-order valence-corrected chi connectivity index (χ3v) is 2.25. The standard InChI is InChI=1S/C10H15NO2/c1-3-4-5-7(2)9-8(12)6-11-10(9)13/h3-6H2,1-2H3,(H,11,13). The Morgan fingerprint density at radius 1 is 1.46 bits per heavy atom. The molecule has 1 aliphatic heterocycles. The molecule has 1 rings (SSSR count). The highest BCUT2D eigenvalue weighted by Crippen LogP contribution is 2.15. The topological polar surface area (TPSA) is 46.2 Å². The number of amides is 1. The monoisotopic (exact) mass is 181 g/mol. The van der Waals surface area contributed by atoms with Crippen molar-refractivity contribution in [2.24, 2.45) is 0 Å². The second-order valence-electron chi connectivity index (χ2n) is 3.36. The molecule has 0 atom stereocenters. The highest BCUT2D eigenvalue weighted by molar-refractivity contribution is 6.25. The minimum Gasteiger partial charge on any atom is -0.344 e. The van der Waals surface area contributed by atoms with Gasteiger partial charge >= 0.3 is 0 Å². The van der Waals surface area contributed by atoms with Crippen molar-refractivity contribution in [2.45, 2.75) is 33.1 Å². The first-order valence-corrected chi connectivity index (χ1v) is 4.68. The van der Waals surface area contributed by atoms with Gasteiger partial charge < -0.3 is 5.32 Å². The SMILES string of the molecule is CCCCC(C)=C1C(=O)CNC1=O. The maximum atomic E-state index is 11.2. The van der Waals surface area contributed by atoms with Crippen molar-refractivity contribution in [3.05, 3.63) is 11.1 Å². The van der Waals surface area contributed by atoms with Crippen LogP contribution in [0.5, 0.6) is 0 Å². The molecule has 0 aromatic rings. The highest BCUT2D eigenvalue weighted by Gasteiger charge is 2.26. The summed E-state index contributed by atoms with van der Waals surface area (Å²) in [5.74, 6) is -0.253. The molecule has 3 nitrogen and oxygen atoms in total. The Labute approximate surface area is 78.2 Å². The van der Waals surface area contributed by atoms with Crippen molar-refractivity contribution in [2.75, 3.05) is 6.54 Å². The maximum absolute atomic E-state index is 11.2. The van der Waals surface area contributed by atoms with Gasteiger partial charge in [-0.2, -0.15) is 0 Å². The molecule has 1 fully saturated rings. The van der Waals surface area contributed by atoms with E-state index >= 15 is 0 Å². The van der Waals surface area contributed by atoms with Crippen LogP contribution in [0.2, 0.25) is 0 Å². The molecule has 1 saturated heterocycles. The van der Waals surface area contributed by atoms with Crippen LogP contribution in [0.25, 0.3) is 0 Å². The van der Waals surface area contributed by atoms with Crippen LogP contribution in [0.3, 0.4) is 0 Å². The number of carbonyl (C=O) groups is 2. The van der Waals surface area contributed by atoms with Crippen LogP contribution in [0, 0.1) is 0 Å². The van der Waals surface area contributed by atoms with Crippen LogP contribution < -0.4 is 5.32 Å². The lowest BCUT2D eigenvalue weighted by Gasteiger charge is -2.01. The van der Waals surface area contributed by atoms with Crippen LogP contribution in [-0.2, 0) is 9.59 Å². The summed E-state index contributed by atoms with van der Waals surface area (Å²) >= 11 is 0. The largest absolute Gasteiger partial charge is 0.344 e. The van der Waals surface area contributed by atoms with E-state index in [4.69, 9.17) is 0 Å². The first-order chi connectivity index (χ1) is 6.16. The molecule has 0 spiro atoms. The van der Waals surface area contributed by atoms with Crippen molar-refractivity contribution in [3.8, 4) is 0 Å². The number of hydrogen-bond acceptors (Lipinski definition) is 2. The van der Waals surface area contributed by atoms with Gasteiger partial charge in [0.05, 0.1) is 12.1 Å². The van der Waals surface area contributed by atoms with Crippen LogP contribution in [-0.4, -0.2) is 18.2 Å². The number of unbranched alkanes of at least 4 members (excludes halogenated alkanes) is 1. The fraction of sp³-hybridized carbons (Fsp3) is 0.600. The summed E-state index contributed by atoms with van der Waals surface area (Å²) in [5.41, 5.74) is 1.33. The zero-order valence-corrected chi connectivity index (χ0v) is 8.14. The van der Waals surface area contributed by atoms with Crippen molar-refractivity contribution in [1.29, 1.82) is 0 Å². The van der Waals surface area contributed by atoms with Gasteiger partial charge in [0.2, 0.25) is 0 Å². The van der Waals surface area contributed by atoms with E-state index in [0.29, 0.717) is 5.57 Å². The van der Waals surface area contributed by atoms with Crippen LogP contribution in [0.4, 0.5) is 0 Å². The second kappa shape index (κ2) is 4.21. The summed E-state index contributed by atoms with van der Waals surface area (Å²) in [6, 6.07) is 0. The average Bonchev–Trinajstić information content (AvgIpc) is 2.42. The molecule has 3 heteroatoms. The molecule has 1 aliphatic rings. The molecule has 0 aromatic heterocycles.